The Morgan fingerprint density at radius 2 is 1.63 bits per heavy atom. The molecule has 0 atom stereocenters. The molecule has 6 heteroatoms. The molecular formula is C21H26FN3O2. The Labute approximate surface area is 159 Å². The maximum absolute atomic E-state index is 12.9. The van der Waals surface area contributed by atoms with Gasteiger partial charge in [-0.2, -0.15) is 0 Å². The number of nitrogens with one attached hydrogen (secondary N) is 1. The number of carbonyl (C=O) groups excluding carboxylic acids is 2. The fourth-order valence-corrected chi connectivity index (χ4v) is 2.69. The first kappa shape index (κ1) is 20.6. The lowest BCUT2D eigenvalue weighted by Crippen LogP contribution is -2.44. The van der Waals surface area contributed by atoms with Crippen LogP contribution in [0.5, 0.6) is 0 Å². The van der Waals surface area contributed by atoms with Gasteiger partial charge in [0.1, 0.15) is 5.82 Å². The second kappa shape index (κ2) is 10.4. The Morgan fingerprint density at radius 1 is 0.963 bits per heavy atom. The normalized spacial score (nSPS) is 10.7. The van der Waals surface area contributed by atoms with E-state index in [4.69, 9.17) is 0 Å². The molecule has 144 valence electrons. The van der Waals surface area contributed by atoms with Crippen LogP contribution in [0.25, 0.3) is 0 Å². The van der Waals surface area contributed by atoms with Crippen LogP contribution >= 0.6 is 0 Å². The molecule has 5 nitrogen and oxygen atoms in total. The molecule has 2 aromatic rings. The van der Waals surface area contributed by atoms with Crippen molar-refractivity contribution in [3.05, 3.63) is 71.5 Å². The van der Waals surface area contributed by atoms with Crippen LogP contribution in [0.3, 0.4) is 0 Å². The molecule has 0 bridgehead atoms. The SMILES string of the molecule is CCN(CC(=O)NCc1ccc(F)cc1)C(=O)CN(C)Cc1ccccc1. The van der Waals surface area contributed by atoms with Crippen molar-refractivity contribution in [1.82, 2.24) is 15.1 Å². The molecule has 2 aromatic carbocycles. The lowest BCUT2D eigenvalue weighted by atomic mass is 10.2. The fraction of sp³-hybridized carbons (Fsp3) is 0.333. The van der Waals surface area contributed by atoms with E-state index in [9.17, 15) is 14.0 Å². The van der Waals surface area contributed by atoms with E-state index in [1.807, 2.05) is 49.2 Å². The molecule has 0 fully saturated rings. The molecule has 0 aliphatic heterocycles. The van der Waals surface area contributed by atoms with Crippen LogP contribution in [-0.4, -0.2) is 48.3 Å². The molecule has 1 N–H and O–H groups in total. The van der Waals surface area contributed by atoms with Crippen molar-refractivity contribution in [1.29, 1.82) is 0 Å². The maximum atomic E-state index is 12.9. The smallest absolute Gasteiger partial charge is 0.239 e. The van der Waals surface area contributed by atoms with Crippen molar-refractivity contribution >= 4 is 11.8 Å². The van der Waals surface area contributed by atoms with Crippen LogP contribution in [0.1, 0.15) is 18.1 Å². The Hall–Kier alpha value is -2.73. The molecule has 0 aliphatic rings. The third kappa shape index (κ3) is 7.19. The van der Waals surface area contributed by atoms with Gasteiger partial charge in [0, 0.05) is 19.6 Å². The van der Waals surface area contributed by atoms with Crippen molar-refractivity contribution in [3.8, 4) is 0 Å². The Bertz CT molecular complexity index is 735. The average molecular weight is 371 g/mol. The number of carbonyl (C=O) groups is 2. The van der Waals surface area contributed by atoms with Gasteiger partial charge >= 0.3 is 0 Å². The standard InChI is InChI=1S/C21H26FN3O2/c1-3-25(15-20(26)23-13-17-9-11-19(22)12-10-17)21(27)16-24(2)14-18-7-5-4-6-8-18/h4-12H,3,13-16H2,1-2H3,(H,23,26). The largest absolute Gasteiger partial charge is 0.350 e. The predicted octanol–water partition coefficient (Wildman–Crippen LogP) is 2.42. The summed E-state index contributed by atoms with van der Waals surface area (Å²) >= 11 is 0. The number of nitrogens with zero attached hydrogens (tertiary/aromatic N) is 2. The number of hydrogen-bond donors (Lipinski definition) is 1. The summed E-state index contributed by atoms with van der Waals surface area (Å²) in [5, 5.41) is 2.76. The second-order valence-electron chi connectivity index (χ2n) is 6.47. The maximum Gasteiger partial charge on any atom is 0.239 e. The van der Waals surface area contributed by atoms with E-state index < -0.39 is 0 Å². The van der Waals surface area contributed by atoms with Crippen LogP contribution in [0.15, 0.2) is 54.6 Å². The van der Waals surface area contributed by atoms with E-state index in [0.29, 0.717) is 19.6 Å². The van der Waals surface area contributed by atoms with Crippen LogP contribution in [0.4, 0.5) is 4.39 Å². The van der Waals surface area contributed by atoms with Gasteiger partial charge in [0.15, 0.2) is 0 Å². The second-order valence-corrected chi connectivity index (χ2v) is 6.47. The van der Waals surface area contributed by atoms with Gasteiger partial charge in [0.2, 0.25) is 11.8 Å². The summed E-state index contributed by atoms with van der Waals surface area (Å²) in [6.07, 6.45) is 0. The number of halogens is 1. The van der Waals surface area contributed by atoms with Gasteiger partial charge in [-0.25, -0.2) is 4.39 Å². The minimum Gasteiger partial charge on any atom is -0.350 e. The molecule has 0 aromatic heterocycles. The van der Waals surface area contributed by atoms with Crippen molar-refractivity contribution in [2.75, 3.05) is 26.7 Å². The summed E-state index contributed by atoms with van der Waals surface area (Å²) in [5.74, 6) is -0.638. The van der Waals surface area contributed by atoms with Gasteiger partial charge in [-0.1, -0.05) is 42.5 Å². The van der Waals surface area contributed by atoms with E-state index in [1.165, 1.54) is 17.0 Å². The van der Waals surface area contributed by atoms with Crippen LogP contribution < -0.4 is 5.32 Å². The van der Waals surface area contributed by atoms with Gasteiger partial charge in [-0.3, -0.25) is 14.5 Å². The Kier molecular flexibility index (Phi) is 7.95. The van der Waals surface area contributed by atoms with Crippen LogP contribution in [0, 0.1) is 5.82 Å². The van der Waals surface area contributed by atoms with Crippen molar-refractivity contribution in [3.63, 3.8) is 0 Å². The molecule has 0 saturated heterocycles. The molecular weight excluding hydrogens is 345 g/mol. The highest BCUT2D eigenvalue weighted by Gasteiger charge is 2.17. The van der Waals surface area contributed by atoms with Gasteiger partial charge in [0.25, 0.3) is 0 Å². The minimum absolute atomic E-state index is 0.00963. The summed E-state index contributed by atoms with van der Waals surface area (Å²) in [5.41, 5.74) is 1.94. The van der Waals surface area contributed by atoms with Gasteiger partial charge in [-0.15, -0.1) is 0 Å². The minimum atomic E-state index is -0.313. The van der Waals surface area contributed by atoms with Crippen molar-refractivity contribution in [2.45, 2.75) is 20.0 Å². The number of hydrogen-bond acceptors (Lipinski definition) is 3. The van der Waals surface area contributed by atoms with Crippen LogP contribution in [-0.2, 0) is 22.7 Å². The molecule has 0 unspecified atom stereocenters. The summed E-state index contributed by atoms with van der Waals surface area (Å²) < 4.78 is 12.9. The molecule has 2 rings (SSSR count). The van der Waals surface area contributed by atoms with Gasteiger partial charge < -0.3 is 10.2 Å². The lowest BCUT2D eigenvalue weighted by molar-refractivity contribution is -0.136. The quantitative estimate of drug-likeness (QED) is 0.737. The summed E-state index contributed by atoms with van der Waals surface area (Å²) in [6, 6.07) is 15.9. The first-order valence-corrected chi connectivity index (χ1v) is 8.99. The molecule has 2 amide bonds. The average Bonchev–Trinajstić information content (AvgIpc) is 2.66. The number of amides is 2. The van der Waals surface area contributed by atoms with Crippen LogP contribution in [0.2, 0.25) is 0 Å². The molecule has 0 heterocycles. The van der Waals surface area contributed by atoms with E-state index in [0.717, 1.165) is 11.1 Å². The van der Waals surface area contributed by atoms with Gasteiger partial charge in [0.05, 0.1) is 13.1 Å². The first-order valence-electron chi connectivity index (χ1n) is 8.99. The first-order chi connectivity index (χ1) is 13.0. The number of rotatable bonds is 9. The van der Waals surface area contributed by atoms with Crippen molar-refractivity contribution in [2.24, 2.45) is 0 Å². The van der Waals surface area contributed by atoms with E-state index in [1.54, 1.807) is 12.1 Å². The summed E-state index contributed by atoms with van der Waals surface area (Å²) in [4.78, 5) is 28.1. The zero-order valence-corrected chi connectivity index (χ0v) is 15.8. The summed E-state index contributed by atoms with van der Waals surface area (Å²) in [6.45, 7) is 3.54. The predicted molar refractivity (Wildman–Crippen MR) is 103 cm³/mol. The topological polar surface area (TPSA) is 52.7 Å². The molecule has 0 radical (unpaired) electrons. The fourth-order valence-electron chi connectivity index (χ4n) is 2.69. The van der Waals surface area contributed by atoms with Crippen molar-refractivity contribution < 1.29 is 14.0 Å². The summed E-state index contributed by atoms with van der Waals surface area (Å²) in [7, 11) is 1.88. The molecule has 0 saturated carbocycles. The number of benzene rings is 2. The van der Waals surface area contributed by atoms with E-state index in [-0.39, 0.29) is 30.7 Å². The molecule has 0 aliphatic carbocycles. The molecule has 27 heavy (non-hydrogen) atoms. The highest BCUT2D eigenvalue weighted by Crippen LogP contribution is 2.04. The zero-order chi connectivity index (χ0) is 19.6. The highest BCUT2D eigenvalue weighted by molar-refractivity contribution is 5.85. The Balaban J connectivity index is 1.79. The third-order valence-corrected chi connectivity index (χ3v) is 4.17. The number of likely N-dealkylation sites (N-methyl/N-ethyl adjacent to an activating group) is 2. The Morgan fingerprint density at radius 3 is 2.26 bits per heavy atom. The third-order valence-electron chi connectivity index (χ3n) is 4.17. The molecule has 0 spiro atoms. The van der Waals surface area contributed by atoms with Gasteiger partial charge in [-0.05, 0) is 37.2 Å². The monoisotopic (exact) mass is 371 g/mol. The lowest BCUT2D eigenvalue weighted by Gasteiger charge is -2.24. The highest BCUT2D eigenvalue weighted by atomic mass is 19.1. The van der Waals surface area contributed by atoms with E-state index >= 15 is 0 Å². The zero-order valence-electron chi connectivity index (χ0n) is 15.8. The van der Waals surface area contributed by atoms with E-state index in [2.05, 4.69) is 5.32 Å².